The van der Waals surface area contributed by atoms with Crippen molar-refractivity contribution >= 4 is 0 Å². The van der Waals surface area contributed by atoms with Gasteiger partial charge in [0.2, 0.25) is 0 Å². The Hall–Kier alpha value is -0.820. The van der Waals surface area contributed by atoms with E-state index in [0.29, 0.717) is 11.5 Å². The summed E-state index contributed by atoms with van der Waals surface area (Å²) in [5, 5.41) is 3.42. The Morgan fingerprint density at radius 2 is 1.71 bits per heavy atom. The number of nitrogens with one attached hydrogen (secondary N) is 1. The largest absolute Gasteiger partial charge is 0.310 e. The molecule has 0 spiro atoms. The minimum absolute atomic E-state index is 0.315. The molecule has 0 saturated heterocycles. The molecule has 1 saturated carbocycles. The molecule has 0 unspecified atom stereocenters. The van der Waals surface area contributed by atoms with E-state index >= 15 is 0 Å². The lowest BCUT2D eigenvalue weighted by atomic mass is 9.98. The number of rotatable bonds is 3. The second-order valence-corrected chi connectivity index (χ2v) is 4.61. The molecule has 14 heavy (non-hydrogen) atoms. The van der Waals surface area contributed by atoms with Crippen LogP contribution in [0.15, 0.2) is 24.3 Å². The molecule has 0 amide bonds. The van der Waals surface area contributed by atoms with Crippen LogP contribution in [-0.4, -0.2) is 7.05 Å². The Morgan fingerprint density at radius 3 is 2.07 bits per heavy atom. The first-order chi connectivity index (χ1) is 6.68. The molecule has 1 aromatic rings. The summed E-state index contributed by atoms with van der Waals surface area (Å²) in [4.78, 5) is 0. The summed E-state index contributed by atoms with van der Waals surface area (Å²) < 4.78 is 0. The van der Waals surface area contributed by atoms with Crippen molar-refractivity contribution in [3.05, 3.63) is 35.4 Å². The van der Waals surface area contributed by atoms with E-state index in [-0.39, 0.29) is 0 Å². The molecule has 1 aromatic carbocycles. The van der Waals surface area contributed by atoms with Crippen molar-refractivity contribution in [2.24, 2.45) is 0 Å². The zero-order chi connectivity index (χ0) is 10.2. The predicted octanol–water partition coefficient (Wildman–Crippen LogP) is 3.02. The fourth-order valence-electron chi connectivity index (χ4n) is 2.00. The molecule has 0 aromatic heterocycles. The van der Waals surface area contributed by atoms with Gasteiger partial charge in [-0.3, -0.25) is 0 Å². The number of hydrogen-bond acceptors (Lipinski definition) is 1. The third-order valence-corrected chi connectivity index (χ3v) is 3.36. The van der Waals surface area contributed by atoms with Crippen LogP contribution in [0.2, 0.25) is 0 Å². The first-order valence-corrected chi connectivity index (χ1v) is 5.47. The molecule has 2 rings (SSSR count). The molecule has 1 nitrogen and oxygen atoms in total. The highest BCUT2D eigenvalue weighted by atomic mass is 15.0. The van der Waals surface area contributed by atoms with E-state index in [1.54, 1.807) is 0 Å². The third-order valence-electron chi connectivity index (χ3n) is 3.36. The zero-order valence-corrected chi connectivity index (χ0v) is 9.30. The van der Waals surface area contributed by atoms with Crippen LogP contribution in [0.25, 0.3) is 0 Å². The van der Waals surface area contributed by atoms with E-state index in [4.69, 9.17) is 0 Å². The predicted molar refractivity (Wildman–Crippen MR) is 60.5 cm³/mol. The van der Waals surface area contributed by atoms with E-state index < -0.39 is 0 Å². The van der Waals surface area contributed by atoms with Crippen molar-refractivity contribution in [2.75, 3.05) is 7.05 Å². The molecule has 0 atom stereocenters. The summed E-state index contributed by atoms with van der Waals surface area (Å²) in [5.74, 6) is 0.633. The van der Waals surface area contributed by atoms with E-state index in [0.717, 1.165) is 0 Å². The van der Waals surface area contributed by atoms with Crippen LogP contribution in [-0.2, 0) is 5.54 Å². The molecular formula is C13H19N. The maximum Gasteiger partial charge on any atom is 0.0433 e. The lowest BCUT2D eigenvalue weighted by Gasteiger charge is -2.15. The van der Waals surface area contributed by atoms with Crippen LogP contribution in [0.4, 0.5) is 0 Å². The fraction of sp³-hybridized carbons (Fsp3) is 0.538. The normalized spacial score (nSPS) is 18.6. The smallest absolute Gasteiger partial charge is 0.0433 e. The molecule has 1 N–H and O–H groups in total. The molecule has 1 aliphatic rings. The topological polar surface area (TPSA) is 12.0 Å². The SMILES string of the molecule is CNC1(c2ccc(C(C)C)cc2)CC1. The van der Waals surface area contributed by atoms with Crippen molar-refractivity contribution in [3.63, 3.8) is 0 Å². The van der Waals surface area contributed by atoms with Crippen molar-refractivity contribution in [2.45, 2.75) is 38.1 Å². The quantitative estimate of drug-likeness (QED) is 0.770. The lowest BCUT2D eigenvalue weighted by Crippen LogP contribution is -2.24. The highest BCUT2D eigenvalue weighted by Crippen LogP contribution is 2.45. The van der Waals surface area contributed by atoms with E-state index in [1.807, 2.05) is 0 Å². The molecule has 1 heteroatoms. The fourth-order valence-corrected chi connectivity index (χ4v) is 2.00. The standard InChI is InChI=1S/C13H19N/c1-10(2)11-4-6-12(7-5-11)13(14-3)8-9-13/h4-7,10,14H,8-9H2,1-3H3. The summed E-state index contributed by atoms with van der Waals surface area (Å²) >= 11 is 0. The zero-order valence-electron chi connectivity index (χ0n) is 9.30. The van der Waals surface area contributed by atoms with Crippen LogP contribution in [0, 0.1) is 0 Å². The average molecular weight is 189 g/mol. The van der Waals surface area contributed by atoms with Crippen molar-refractivity contribution < 1.29 is 0 Å². The molecule has 0 radical (unpaired) electrons. The minimum Gasteiger partial charge on any atom is -0.310 e. The van der Waals surface area contributed by atoms with Gasteiger partial charge in [-0.2, -0.15) is 0 Å². The summed E-state index contributed by atoms with van der Waals surface area (Å²) in [6, 6.07) is 9.08. The maximum atomic E-state index is 3.42. The lowest BCUT2D eigenvalue weighted by molar-refractivity contribution is 0.585. The van der Waals surface area contributed by atoms with Crippen LogP contribution in [0.3, 0.4) is 0 Å². The Bertz CT molecular complexity index is 307. The third kappa shape index (κ3) is 1.57. The molecule has 1 aliphatic carbocycles. The number of hydrogen-bond donors (Lipinski definition) is 1. The molecule has 1 fully saturated rings. The second kappa shape index (κ2) is 3.39. The monoisotopic (exact) mass is 189 g/mol. The van der Waals surface area contributed by atoms with Crippen molar-refractivity contribution in [3.8, 4) is 0 Å². The minimum atomic E-state index is 0.315. The van der Waals surface area contributed by atoms with E-state index in [1.165, 1.54) is 24.0 Å². The summed E-state index contributed by atoms with van der Waals surface area (Å²) in [6.07, 6.45) is 2.56. The van der Waals surface area contributed by atoms with Crippen LogP contribution < -0.4 is 5.32 Å². The molecule has 76 valence electrons. The maximum absolute atomic E-state index is 3.42. The Labute approximate surface area is 86.5 Å². The first-order valence-electron chi connectivity index (χ1n) is 5.47. The van der Waals surface area contributed by atoms with Crippen LogP contribution >= 0.6 is 0 Å². The average Bonchev–Trinajstić information content (AvgIpc) is 2.99. The van der Waals surface area contributed by atoms with E-state index in [9.17, 15) is 0 Å². The van der Waals surface area contributed by atoms with Crippen LogP contribution in [0.1, 0.15) is 43.7 Å². The Morgan fingerprint density at radius 1 is 1.14 bits per heavy atom. The van der Waals surface area contributed by atoms with Gasteiger partial charge in [-0.15, -0.1) is 0 Å². The van der Waals surface area contributed by atoms with Gasteiger partial charge < -0.3 is 5.32 Å². The molecular weight excluding hydrogens is 170 g/mol. The molecule has 0 heterocycles. The van der Waals surface area contributed by atoms with Gasteiger partial charge >= 0.3 is 0 Å². The van der Waals surface area contributed by atoms with Gasteiger partial charge in [0, 0.05) is 5.54 Å². The first kappa shape index (κ1) is 9.72. The van der Waals surface area contributed by atoms with Crippen molar-refractivity contribution in [1.29, 1.82) is 0 Å². The highest BCUT2D eigenvalue weighted by molar-refractivity contribution is 5.33. The molecule has 0 aliphatic heterocycles. The van der Waals surface area contributed by atoms with Gasteiger partial charge in [-0.25, -0.2) is 0 Å². The number of benzene rings is 1. The van der Waals surface area contributed by atoms with Crippen LogP contribution in [0.5, 0.6) is 0 Å². The highest BCUT2D eigenvalue weighted by Gasteiger charge is 2.42. The summed E-state index contributed by atoms with van der Waals surface area (Å²) in [7, 11) is 2.06. The van der Waals surface area contributed by atoms with Gasteiger partial charge in [0.05, 0.1) is 0 Å². The Kier molecular flexibility index (Phi) is 2.36. The summed E-state index contributed by atoms with van der Waals surface area (Å²) in [6.45, 7) is 4.47. The van der Waals surface area contributed by atoms with Gasteiger partial charge in [0.25, 0.3) is 0 Å². The Balaban J connectivity index is 2.22. The van der Waals surface area contributed by atoms with Gasteiger partial charge in [0.15, 0.2) is 0 Å². The van der Waals surface area contributed by atoms with Crippen molar-refractivity contribution in [1.82, 2.24) is 5.32 Å². The van der Waals surface area contributed by atoms with Gasteiger partial charge in [0.1, 0.15) is 0 Å². The van der Waals surface area contributed by atoms with E-state index in [2.05, 4.69) is 50.5 Å². The summed E-state index contributed by atoms with van der Waals surface area (Å²) in [5.41, 5.74) is 3.19. The van der Waals surface area contributed by atoms with Gasteiger partial charge in [-0.1, -0.05) is 38.1 Å². The molecule has 0 bridgehead atoms. The second-order valence-electron chi connectivity index (χ2n) is 4.61. The van der Waals surface area contributed by atoms with Gasteiger partial charge in [-0.05, 0) is 36.9 Å².